The van der Waals surface area contributed by atoms with Crippen LogP contribution in [0.25, 0.3) is 0 Å². The van der Waals surface area contributed by atoms with E-state index < -0.39 is 6.10 Å². The number of halogens is 1. The average Bonchev–Trinajstić information content (AvgIpc) is 2.51. The largest absolute Gasteiger partial charge is 0.481 e. The van der Waals surface area contributed by atoms with Crippen molar-refractivity contribution in [3.05, 3.63) is 59.7 Å². The summed E-state index contributed by atoms with van der Waals surface area (Å²) in [6.45, 7) is 4.33. The summed E-state index contributed by atoms with van der Waals surface area (Å²) in [6, 6.07) is 15.3. The number of amides is 1. The Morgan fingerprint density at radius 1 is 1.13 bits per heavy atom. The predicted molar refractivity (Wildman–Crippen MR) is 96.1 cm³/mol. The minimum atomic E-state index is -0.519. The molecule has 1 atom stereocenters. The molecule has 0 heterocycles. The van der Waals surface area contributed by atoms with Crippen LogP contribution in [0.3, 0.4) is 0 Å². The fourth-order valence-corrected chi connectivity index (χ4v) is 2.03. The Kier molecular flexibility index (Phi) is 7.42. The minimum Gasteiger partial charge on any atom is -0.481 e. The number of nitrogen functional groups attached to an aromatic ring is 1. The lowest BCUT2D eigenvalue weighted by Gasteiger charge is -2.15. The second-order valence-corrected chi connectivity index (χ2v) is 5.36. The molecule has 2 aromatic rings. The molecule has 0 saturated carbocycles. The number of benzene rings is 2. The molecule has 0 radical (unpaired) electrons. The van der Waals surface area contributed by atoms with Gasteiger partial charge in [0.05, 0.1) is 0 Å². The second-order valence-electron chi connectivity index (χ2n) is 5.36. The lowest BCUT2D eigenvalue weighted by Crippen LogP contribution is -2.37. The summed E-state index contributed by atoms with van der Waals surface area (Å²) in [4.78, 5) is 12.0. The first kappa shape index (κ1) is 18.8. The molecular weight excluding hydrogens is 312 g/mol. The number of hydrogen-bond donors (Lipinski definition) is 2. The number of aryl methyl sites for hydroxylation is 1. The van der Waals surface area contributed by atoms with E-state index in [0.717, 1.165) is 23.2 Å². The summed E-state index contributed by atoms with van der Waals surface area (Å²) in [5, 5.41) is 2.88. The van der Waals surface area contributed by atoms with Crippen LogP contribution in [0.1, 0.15) is 18.1 Å². The molecule has 5 heteroatoms. The van der Waals surface area contributed by atoms with Crippen molar-refractivity contribution in [1.82, 2.24) is 5.32 Å². The van der Waals surface area contributed by atoms with E-state index in [0.29, 0.717) is 12.3 Å². The topological polar surface area (TPSA) is 64.3 Å². The summed E-state index contributed by atoms with van der Waals surface area (Å²) < 4.78 is 5.62. The van der Waals surface area contributed by atoms with Gasteiger partial charge in [-0.3, -0.25) is 4.79 Å². The summed E-state index contributed by atoms with van der Waals surface area (Å²) in [5.74, 6) is 0.586. The fraction of sp³-hybridized carbons (Fsp3) is 0.278. The van der Waals surface area contributed by atoms with Gasteiger partial charge in [-0.25, -0.2) is 0 Å². The van der Waals surface area contributed by atoms with Crippen molar-refractivity contribution in [2.45, 2.75) is 26.4 Å². The monoisotopic (exact) mass is 334 g/mol. The van der Waals surface area contributed by atoms with Crippen LogP contribution in [0, 0.1) is 6.92 Å². The van der Waals surface area contributed by atoms with E-state index >= 15 is 0 Å². The normalized spacial score (nSPS) is 11.2. The molecule has 23 heavy (non-hydrogen) atoms. The first-order chi connectivity index (χ1) is 10.5. The molecule has 2 aromatic carbocycles. The molecule has 0 bridgehead atoms. The molecule has 0 aliphatic heterocycles. The van der Waals surface area contributed by atoms with Crippen molar-refractivity contribution in [3.63, 3.8) is 0 Å². The Morgan fingerprint density at radius 2 is 1.74 bits per heavy atom. The summed E-state index contributed by atoms with van der Waals surface area (Å²) >= 11 is 0. The van der Waals surface area contributed by atoms with E-state index in [2.05, 4.69) is 5.32 Å². The quantitative estimate of drug-likeness (QED) is 0.798. The van der Waals surface area contributed by atoms with Gasteiger partial charge in [0.1, 0.15) is 5.75 Å². The standard InChI is InChI=1S/C18H22N2O2.ClH/c1-13-3-9-17(10-4-13)22-14(2)18(21)20-12-11-15-5-7-16(19)8-6-15;/h3-10,14H,11-12,19H2,1-2H3,(H,20,21);1H. The molecule has 3 N–H and O–H groups in total. The lowest BCUT2D eigenvalue weighted by atomic mass is 10.1. The minimum absolute atomic E-state index is 0. The third-order valence-corrected chi connectivity index (χ3v) is 3.40. The summed E-state index contributed by atoms with van der Waals surface area (Å²) in [7, 11) is 0. The van der Waals surface area contributed by atoms with Gasteiger partial charge in [0.15, 0.2) is 6.10 Å². The zero-order chi connectivity index (χ0) is 15.9. The maximum Gasteiger partial charge on any atom is 0.260 e. The predicted octanol–water partition coefficient (Wildman–Crippen LogP) is 3.13. The lowest BCUT2D eigenvalue weighted by molar-refractivity contribution is -0.127. The Hall–Kier alpha value is -2.20. The molecule has 0 spiro atoms. The molecule has 0 aliphatic rings. The zero-order valence-corrected chi connectivity index (χ0v) is 14.2. The van der Waals surface area contributed by atoms with E-state index in [-0.39, 0.29) is 18.3 Å². The van der Waals surface area contributed by atoms with Crippen LogP contribution < -0.4 is 15.8 Å². The summed E-state index contributed by atoms with van der Waals surface area (Å²) in [6.07, 6.45) is 0.248. The molecule has 0 aliphatic carbocycles. The van der Waals surface area contributed by atoms with Crippen molar-refractivity contribution < 1.29 is 9.53 Å². The van der Waals surface area contributed by atoms with Crippen LogP contribution in [0.4, 0.5) is 5.69 Å². The highest BCUT2D eigenvalue weighted by Gasteiger charge is 2.13. The Balaban J connectivity index is 0.00000264. The van der Waals surface area contributed by atoms with Gasteiger partial charge in [0.2, 0.25) is 0 Å². The number of carbonyl (C=O) groups excluding carboxylic acids is 1. The Labute approximate surface area is 143 Å². The van der Waals surface area contributed by atoms with Crippen molar-refractivity contribution in [1.29, 1.82) is 0 Å². The molecule has 0 fully saturated rings. The first-order valence-corrected chi connectivity index (χ1v) is 7.40. The molecule has 124 valence electrons. The van der Waals surface area contributed by atoms with Crippen molar-refractivity contribution in [2.75, 3.05) is 12.3 Å². The molecule has 1 unspecified atom stereocenters. The van der Waals surface area contributed by atoms with Gasteiger partial charge in [-0.15, -0.1) is 12.4 Å². The highest BCUT2D eigenvalue weighted by Crippen LogP contribution is 2.13. The van der Waals surface area contributed by atoms with Crippen LogP contribution in [0.2, 0.25) is 0 Å². The molecule has 1 amide bonds. The average molecular weight is 335 g/mol. The molecule has 0 saturated heterocycles. The van der Waals surface area contributed by atoms with Gasteiger partial charge in [0.25, 0.3) is 5.91 Å². The van der Waals surface area contributed by atoms with Gasteiger partial charge in [0, 0.05) is 12.2 Å². The van der Waals surface area contributed by atoms with Gasteiger partial charge >= 0.3 is 0 Å². The summed E-state index contributed by atoms with van der Waals surface area (Å²) in [5.41, 5.74) is 8.68. The van der Waals surface area contributed by atoms with Gasteiger partial charge in [-0.05, 0) is 50.1 Å². The number of rotatable bonds is 6. The smallest absolute Gasteiger partial charge is 0.260 e. The first-order valence-electron chi connectivity index (χ1n) is 7.40. The molecular formula is C18H23ClN2O2. The van der Waals surface area contributed by atoms with Gasteiger partial charge in [-0.2, -0.15) is 0 Å². The number of carbonyl (C=O) groups is 1. The number of hydrogen-bond acceptors (Lipinski definition) is 3. The second kappa shape index (κ2) is 9.06. The number of nitrogens with one attached hydrogen (secondary N) is 1. The fourth-order valence-electron chi connectivity index (χ4n) is 2.03. The molecule has 2 rings (SSSR count). The van der Waals surface area contributed by atoms with E-state index in [4.69, 9.17) is 10.5 Å². The number of nitrogens with two attached hydrogens (primary N) is 1. The molecule has 0 aromatic heterocycles. The van der Waals surface area contributed by atoms with E-state index in [1.165, 1.54) is 0 Å². The maximum atomic E-state index is 12.0. The van der Waals surface area contributed by atoms with E-state index in [1.807, 2.05) is 55.5 Å². The van der Waals surface area contributed by atoms with Crippen molar-refractivity contribution in [2.24, 2.45) is 0 Å². The SMILES string of the molecule is Cc1ccc(OC(C)C(=O)NCCc2ccc(N)cc2)cc1.Cl. The van der Waals surface area contributed by atoms with E-state index in [1.54, 1.807) is 6.92 Å². The van der Waals surface area contributed by atoms with Crippen LogP contribution in [-0.4, -0.2) is 18.6 Å². The van der Waals surface area contributed by atoms with Gasteiger partial charge < -0.3 is 15.8 Å². The highest BCUT2D eigenvalue weighted by atomic mass is 35.5. The number of anilines is 1. The van der Waals surface area contributed by atoms with Gasteiger partial charge in [-0.1, -0.05) is 29.8 Å². The van der Waals surface area contributed by atoms with Crippen LogP contribution >= 0.6 is 12.4 Å². The highest BCUT2D eigenvalue weighted by molar-refractivity contribution is 5.85. The number of ether oxygens (including phenoxy) is 1. The van der Waals surface area contributed by atoms with E-state index in [9.17, 15) is 4.79 Å². The third kappa shape index (κ3) is 6.20. The maximum absolute atomic E-state index is 12.0. The Bertz CT molecular complexity index is 612. The van der Waals surface area contributed by atoms with Crippen molar-refractivity contribution in [3.8, 4) is 5.75 Å². The third-order valence-electron chi connectivity index (χ3n) is 3.40. The Morgan fingerprint density at radius 3 is 2.35 bits per heavy atom. The molecule has 4 nitrogen and oxygen atoms in total. The van der Waals surface area contributed by atoms with Crippen molar-refractivity contribution >= 4 is 24.0 Å². The zero-order valence-electron chi connectivity index (χ0n) is 13.4. The van der Waals surface area contributed by atoms with Crippen LogP contribution in [-0.2, 0) is 11.2 Å². The van der Waals surface area contributed by atoms with Crippen LogP contribution in [0.15, 0.2) is 48.5 Å². The van der Waals surface area contributed by atoms with Crippen LogP contribution in [0.5, 0.6) is 5.75 Å².